The van der Waals surface area contributed by atoms with Crippen LogP contribution in [0.3, 0.4) is 0 Å². The van der Waals surface area contributed by atoms with Crippen molar-refractivity contribution in [1.29, 1.82) is 0 Å². The van der Waals surface area contributed by atoms with Gasteiger partial charge in [0.15, 0.2) is 0 Å². The number of carbonyl (C=O) groups excluding carboxylic acids is 4. The van der Waals surface area contributed by atoms with Gasteiger partial charge in [-0.15, -0.1) is 0 Å². The Hall–Kier alpha value is -3.84. The van der Waals surface area contributed by atoms with E-state index in [1.807, 2.05) is 6.92 Å². The van der Waals surface area contributed by atoms with Gasteiger partial charge in [0.2, 0.25) is 17.7 Å². The number of carbonyl (C=O) groups is 4. The Balaban J connectivity index is 1.29. The minimum absolute atomic E-state index is 0.0402. The van der Waals surface area contributed by atoms with Gasteiger partial charge in [0, 0.05) is 64.9 Å². The number of ether oxygens (including phenoxy) is 1. The second-order valence-electron chi connectivity index (χ2n) is 14.0. The molecule has 2 aliphatic carbocycles. The number of nitrogens with one attached hydrogen (secondary N) is 3. The first kappa shape index (κ1) is 37.4. The van der Waals surface area contributed by atoms with Crippen LogP contribution in [0, 0.1) is 17.7 Å². The van der Waals surface area contributed by atoms with E-state index in [9.17, 15) is 19.2 Å². The summed E-state index contributed by atoms with van der Waals surface area (Å²) in [5, 5.41) is 13.2. The predicted molar refractivity (Wildman–Crippen MR) is 188 cm³/mol. The topological polar surface area (TPSA) is 138 Å². The van der Waals surface area contributed by atoms with Crippen molar-refractivity contribution in [1.82, 2.24) is 30.2 Å². The number of hydrogen-bond donors (Lipinski definition) is 3. The molecule has 50 heavy (non-hydrogen) atoms. The third-order valence-electron chi connectivity index (χ3n) is 11.2. The molecule has 0 spiro atoms. The van der Waals surface area contributed by atoms with Gasteiger partial charge in [-0.25, -0.2) is 4.39 Å². The van der Waals surface area contributed by atoms with Gasteiger partial charge in [-0.05, 0) is 62.3 Å². The monoisotopic (exact) mass is 695 g/mol. The van der Waals surface area contributed by atoms with Gasteiger partial charge >= 0.3 is 0 Å². The van der Waals surface area contributed by atoms with E-state index in [1.54, 1.807) is 48.9 Å². The number of benzene rings is 1. The highest BCUT2D eigenvalue weighted by atomic mass is 19.1. The Morgan fingerprint density at radius 2 is 1.78 bits per heavy atom. The van der Waals surface area contributed by atoms with Gasteiger partial charge < -0.3 is 25.6 Å². The summed E-state index contributed by atoms with van der Waals surface area (Å²) < 4.78 is 22.6. The van der Waals surface area contributed by atoms with Crippen LogP contribution in [0.1, 0.15) is 94.1 Å². The van der Waals surface area contributed by atoms with Crippen molar-refractivity contribution >= 4 is 29.3 Å². The maximum Gasteiger partial charge on any atom is 0.270 e. The van der Waals surface area contributed by atoms with E-state index < -0.39 is 29.2 Å². The van der Waals surface area contributed by atoms with Crippen LogP contribution in [-0.4, -0.2) is 101 Å². The Morgan fingerprint density at radius 1 is 1.04 bits per heavy atom. The number of methoxy groups -OCH3 is 1. The molecule has 1 aliphatic heterocycles. The zero-order valence-electron chi connectivity index (χ0n) is 30.0. The summed E-state index contributed by atoms with van der Waals surface area (Å²) in [7, 11) is 1.66. The smallest absolute Gasteiger partial charge is 0.270 e. The summed E-state index contributed by atoms with van der Waals surface area (Å²) in [6.45, 7) is 9.88. The molecule has 1 saturated heterocycles. The van der Waals surface area contributed by atoms with Crippen LogP contribution in [0.5, 0.6) is 0 Å². The predicted octanol–water partition coefficient (Wildman–Crippen LogP) is 3.93. The standard InChI is InChI=1S/C37H54FN7O5/c1-5-32(46)41-33(36(49)44-20-18-43(19-21-44)22-23-50-4)25(3)26-12-13-30(29(38)24-26)40-34(47)28-14-16-37(28,27-10-8-7-9-11-27)42-35(48)31-15-17-39-45(31)6-2/h12-13,15,17,24-25,27-28,33H,5-11,14,16,18-23H2,1-4H3,(H,40,47)(H,41,46)(H,42,48)/t25-,28?,33+,37+/m0/s1. The molecule has 1 aromatic carbocycles. The first-order valence-electron chi connectivity index (χ1n) is 18.4. The van der Waals surface area contributed by atoms with Gasteiger partial charge in [0.25, 0.3) is 5.91 Å². The van der Waals surface area contributed by atoms with Crippen molar-refractivity contribution in [3.8, 4) is 0 Å². The highest BCUT2D eigenvalue weighted by molar-refractivity contribution is 5.97. The van der Waals surface area contributed by atoms with Crippen molar-refractivity contribution in [2.75, 3.05) is 51.8 Å². The molecule has 3 aliphatic rings. The van der Waals surface area contributed by atoms with Crippen LogP contribution in [0.15, 0.2) is 30.5 Å². The number of halogens is 1. The van der Waals surface area contributed by atoms with E-state index in [1.165, 1.54) is 12.1 Å². The SMILES string of the molecule is CCC(=O)N[C@@H](C(=O)N1CCN(CCOC)CC1)[C@@H](C)c1ccc(NC(=O)C2CC[C@@]2(NC(=O)c2ccnn2CC)C2CCCCC2)c(F)c1. The Kier molecular flexibility index (Phi) is 12.7. The van der Waals surface area contributed by atoms with Crippen LogP contribution >= 0.6 is 0 Å². The molecule has 4 amide bonds. The number of piperazine rings is 1. The largest absolute Gasteiger partial charge is 0.383 e. The molecule has 13 heteroatoms. The Labute approximate surface area is 294 Å². The zero-order valence-corrected chi connectivity index (χ0v) is 30.0. The molecule has 2 aromatic rings. The highest BCUT2D eigenvalue weighted by Gasteiger charge is 2.56. The summed E-state index contributed by atoms with van der Waals surface area (Å²) >= 11 is 0. The van der Waals surface area contributed by atoms with Crippen molar-refractivity contribution in [3.05, 3.63) is 47.5 Å². The average molecular weight is 696 g/mol. The van der Waals surface area contributed by atoms with Crippen LogP contribution in [0.4, 0.5) is 10.1 Å². The molecule has 2 saturated carbocycles. The van der Waals surface area contributed by atoms with E-state index in [0.717, 1.165) is 38.6 Å². The van der Waals surface area contributed by atoms with Crippen molar-refractivity contribution in [2.45, 2.75) is 96.2 Å². The number of anilines is 1. The van der Waals surface area contributed by atoms with E-state index in [-0.39, 0.29) is 41.7 Å². The number of nitrogens with zero attached hydrogens (tertiary/aromatic N) is 4. The van der Waals surface area contributed by atoms with Crippen LogP contribution in [-0.2, 0) is 25.7 Å². The second kappa shape index (κ2) is 16.9. The molecule has 3 N–H and O–H groups in total. The van der Waals surface area contributed by atoms with E-state index in [4.69, 9.17) is 4.74 Å². The molecular weight excluding hydrogens is 641 g/mol. The number of hydrogen-bond acceptors (Lipinski definition) is 7. The fourth-order valence-corrected chi connectivity index (χ4v) is 7.99. The minimum atomic E-state index is -0.869. The maximum atomic E-state index is 15.8. The number of rotatable bonds is 14. The number of aromatic nitrogens is 2. The summed E-state index contributed by atoms with van der Waals surface area (Å²) in [4.78, 5) is 57.7. The molecule has 3 fully saturated rings. The van der Waals surface area contributed by atoms with Crippen LogP contribution in [0.2, 0.25) is 0 Å². The number of amides is 4. The van der Waals surface area contributed by atoms with E-state index >= 15 is 4.39 Å². The Bertz CT molecular complexity index is 1500. The lowest BCUT2D eigenvalue weighted by molar-refractivity contribution is -0.138. The van der Waals surface area contributed by atoms with E-state index in [0.29, 0.717) is 63.4 Å². The molecule has 2 heterocycles. The lowest BCUT2D eigenvalue weighted by Gasteiger charge is -2.54. The molecule has 4 atom stereocenters. The fraction of sp³-hybridized carbons (Fsp3) is 0.649. The molecule has 0 radical (unpaired) electrons. The molecular formula is C37H54FN7O5. The molecule has 12 nitrogen and oxygen atoms in total. The van der Waals surface area contributed by atoms with Gasteiger partial charge in [-0.2, -0.15) is 5.10 Å². The fourth-order valence-electron chi connectivity index (χ4n) is 7.99. The highest BCUT2D eigenvalue weighted by Crippen LogP contribution is 2.49. The van der Waals surface area contributed by atoms with Gasteiger partial charge in [0.05, 0.1) is 23.8 Å². The summed E-state index contributed by atoms with van der Waals surface area (Å²) in [6.07, 6.45) is 8.17. The van der Waals surface area contributed by atoms with Crippen molar-refractivity contribution in [3.63, 3.8) is 0 Å². The normalized spacial score (nSPS) is 22.7. The third kappa shape index (κ3) is 8.20. The van der Waals surface area contributed by atoms with Gasteiger partial charge in [-0.3, -0.25) is 28.8 Å². The Morgan fingerprint density at radius 3 is 2.40 bits per heavy atom. The molecule has 1 unspecified atom stereocenters. The molecule has 274 valence electrons. The maximum absolute atomic E-state index is 15.8. The van der Waals surface area contributed by atoms with Gasteiger partial charge in [0.1, 0.15) is 17.6 Å². The van der Waals surface area contributed by atoms with E-state index in [2.05, 4.69) is 25.9 Å². The summed E-state index contributed by atoms with van der Waals surface area (Å²) in [5.41, 5.74) is 0.323. The van der Waals surface area contributed by atoms with Crippen molar-refractivity contribution < 1.29 is 28.3 Å². The molecule has 5 rings (SSSR count). The third-order valence-corrected chi connectivity index (χ3v) is 11.2. The minimum Gasteiger partial charge on any atom is -0.383 e. The lowest BCUT2D eigenvalue weighted by Crippen LogP contribution is -2.67. The average Bonchev–Trinajstić information content (AvgIpc) is 3.61. The van der Waals surface area contributed by atoms with Gasteiger partial charge in [-0.1, -0.05) is 39.2 Å². The quantitative estimate of drug-likeness (QED) is 0.273. The summed E-state index contributed by atoms with van der Waals surface area (Å²) in [5.74, 6) is -2.53. The van der Waals surface area contributed by atoms with Crippen LogP contribution < -0.4 is 16.0 Å². The summed E-state index contributed by atoms with van der Waals surface area (Å²) in [6, 6.07) is 5.38. The second-order valence-corrected chi connectivity index (χ2v) is 14.0. The van der Waals surface area contributed by atoms with Crippen molar-refractivity contribution in [2.24, 2.45) is 11.8 Å². The first-order chi connectivity index (χ1) is 24.1. The first-order valence-corrected chi connectivity index (χ1v) is 18.4. The molecule has 0 bridgehead atoms. The lowest BCUT2D eigenvalue weighted by atomic mass is 9.56. The molecule has 1 aromatic heterocycles. The number of aryl methyl sites for hydroxylation is 1. The zero-order chi connectivity index (χ0) is 35.8. The van der Waals surface area contributed by atoms with Crippen LogP contribution in [0.25, 0.3) is 0 Å².